The van der Waals surface area contributed by atoms with Gasteiger partial charge in [-0.1, -0.05) is 29.3 Å². The number of rotatable bonds is 4. The molecule has 0 aromatic heterocycles. The second kappa shape index (κ2) is 6.90. The number of hydrogen-bond donors (Lipinski definition) is 0. The Labute approximate surface area is 115 Å². The van der Waals surface area contributed by atoms with Crippen molar-refractivity contribution >= 4 is 40.8 Å². The molecule has 0 spiro atoms. The lowest BCUT2D eigenvalue weighted by Crippen LogP contribution is -2.13. The Balaban J connectivity index is 2.73. The largest absolute Gasteiger partial charge is 0.455 e. The number of halogens is 3. The van der Waals surface area contributed by atoms with Crippen LogP contribution in [0.15, 0.2) is 30.4 Å². The zero-order valence-corrected chi connectivity index (χ0v) is 11.4. The minimum atomic E-state index is -0.488. The maximum atomic E-state index is 11.7. The van der Waals surface area contributed by atoms with Crippen LogP contribution in [0.1, 0.15) is 17.3 Å². The van der Waals surface area contributed by atoms with Crippen LogP contribution in [0.4, 0.5) is 0 Å². The van der Waals surface area contributed by atoms with Crippen LogP contribution in [-0.2, 0) is 4.74 Å². The van der Waals surface area contributed by atoms with E-state index >= 15 is 0 Å². The molecule has 1 aromatic rings. The quantitative estimate of drug-likeness (QED) is 0.469. The molecule has 5 heteroatoms. The van der Waals surface area contributed by atoms with Crippen molar-refractivity contribution in [2.45, 2.75) is 13.0 Å². The summed E-state index contributed by atoms with van der Waals surface area (Å²) in [5.74, 6) is -0.109. The van der Waals surface area contributed by atoms with E-state index in [1.807, 2.05) is 0 Å². The molecule has 17 heavy (non-hydrogen) atoms. The fourth-order valence-corrected chi connectivity index (χ4v) is 1.76. The SMILES string of the molecule is CC(/C=C/CCl)OC(=O)c1ccc(Cl)cc1Cl. The first-order valence-electron chi connectivity index (χ1n) is 4.93. The van der Waals surface area contributed by atoms with Crippen molar-refractivity contribution in [1.82, 2.24) is 0 Å². The third-order valence-electron chi connectivity index (χ3n) is 1.94. The van der Waals surface area contributed by atoms with Gasteiger partial charge in [-0.25, -0.2) is 4.79 Å². The highest BCUT2D eigenvalue weighted by Crippen LogP contribution is 2.22. The molecule has 0 saturated heterocycles. The highest BCUT2D eigenvalue weighted by molar-refractivity contribution is 6.36. The first kappa shape index (κ1) is 14.4. The van der Waals surface area contributed by atoms with E-state index in [9.17, 15) is 4.79 Å². The molecule has 0 saturated carbocycles. The van der Waals surface area contributed by atoms with Crippen LogP contribution < -0.4 is 0 Å². The number of alkyl halides is 1. The van der Waals surface area contributed by atoms with Crippen molar-refractivity contribution in [3.8, 4) is 0 Å². The first-order valence-corrected chi connectivity index (χ1v) is 6.22. The number of hydrogen-bond acceptors (Lipinski definition) is 2. The molecule has 0 bridgehead atoms. The van der Waals surface area contributed by atoms with Crippen LogP contribution in [0.3, 0.4) is 0 Å². The summed E-state index contributed by atoms with van der Waals surface area (Å²) >= 11 is 17.1. The minimum absolute atomic E-state index is 0.274. The maximum absolute atomic E-state index is 11.7. The molecule has 1 unspecified atom stereocenters. The van der Waals surface area contributed by atoms with E-state index in [0.29, 0.717) is 16.5 Å². The summed E-state index contributed by atoms with van der Waals surface area (Å²) in [6.07, 6.45) is 3.06. The number of benzene rings is 1. The van der Waals surface area contributed by atoms with Crippen molar-refractivity contribution < 1.29 is 9.53 Å². The van der Waals surface area contributed by atoms with Crippen LogP contribution in [-0.4, -0.2) is 18.0 Å². The van der Waals surface area contributed by atoms with E-state index in [1.165, 1.54) is 12.1 Å². The van der Waals surface area contributed by atoms with Crippen LogP contribution in [0, 0.1) is 0 Å². The molecule has 0 radical (unpaired) electrons. The van der Waals surface area contributed by atoms with E-state index in [2.05, 4.69) is 0 Å². The van der Waals surface area contributed by atoms with E-state index in [1.54, 1.807) is 25.1 Å². The normalized spacial score (nSPS) is 12.7. The number of carbonyl (C=O) groups excluding carboxylic acids is 1. The lowest BCUT2D eigenvalue weighted by atomic mass is 10.2. The van der Waals surface area contributed by atoms with Crippen molar-refractivity contribution in [2.24, 2.45) is 0 Å². The second-order valence-electron chi connectivity index (χ2n) is 3.32. The monoisotopic (exact) mass is 292 g/mol. The van der Waals surface area contributed by atoms with E-state index < -0.39 is 5.97 Å². The molecule has 2 nitrogen and oxygen atoms in total. The predicted molar refractivity (Wildman–Crippen MR) is 71.2 cm³/mol. The maximum Gasteiger partial charge on any atom is 0.340 e. The Kier molecular flexibility index (Phi) is 5.83. The van der Waals surface area contributed by atoms with Gasteiger partial charge < -0.3 is 4.74 Å². The summed E-state index contributed by atoms with van der Waals surface area (Å²) in [5.41, 5.74) is 0.294. The third-order valence-corrected chi connectivity index (χ3v) is 2.67. The molecule has 0 aliphatic carbocycles. The molecular weight excluding hydrogens is 282 g/mol. The Morgan fingerprint density at radius 3 is 2.76 bits per heavy atom. The van der Waals surface area contributed by atoms with Crippen LogP contribution >= 0.6 is 34.8 Å². The molecule has 1 aromatic carbocycles. The Hall–Kier alpha value is -0.700. The summed E-state index contributed by atoms with van der Waals surface area (Å²) in [7, 11) is 0. The summed E-state index contributed by atoms with van der Waals surface area (Å²) in [6, 6.07) is 4.62. The van der Waals surface area contributed by atoms with Gasteiger partial charge in [0.1, 0.15) is 6.10 Å². The van der Waals surface area contributed by atoms with Crippen molar-refractivity contribution in [3.05, 3.63) is 46.0 Å². The van der Waals surface area contributed by atoms with Crippen LogP contribution in [0.2, 0.25) is 10.0 Å². The lowest BCUT2D eigenvalue weighted by Gasteiger charge is -2.10. The molecule has 1 rings (SSSR count). The lowest BCUT2D eigenvalue weighted by molar-refractivity contribution is 0.0424. The van der Waals surface area contributed by atoms with Gasteiger partial charge >= 0.3 is 5.97 Å². The Morgan fingerprint density at radius 2 is 2.18 bits per heavy atom. The fraction of sp³-hybridized carbons (Fsp3) is 0.250. The summed E-state index contributed by atoms with van der Waals surface area (Å²) in [4.78, 5) is 11.7. The van der Waals surface area contributed by atoms with E-state index in [-0.39, 0.29) is 11.1 Å². The fourth-order valence-electron chi connectivity index (χ4n) is 1.17. The number of esters is 1. The molecule has 1 atom stereocenters. The van der Waals surface area contributed by atoms with Crippen LogP contribution in [0.5, 0.6) is 0 Å². The highest BCUT2D eigenvalue weighted by atomic mass is 35.5. The number of allylic oxidation sites excluding steroid dienone is 1. The zero-order valence-electron chi connectivity index (χ0n) is 9.12. The van der Waals surface area contributed by atoms with E-state index in [4.69, 9.17) is 39.5 Å². The average molecular weight is 294 g/mol. The smallest absolute Gasteiger partial charge is 0.340 e. The van der Waals surface area contributed by atoms with Gasteiger partial charge in [-0.2, -0.15) is 0 Å². The third kappa shape index (κ3) is 4.58. The zero-order chi connectivity index (χ0) is 12.8. The summed E-state index contributed by atoms with van der Waals surface area (Å²) in [5, 5.41) is 0.748. The predicted octanol–water partition coefficient (Wildman–Crippen LogP) is 4.33. The highest BCUT2D eigenvalue weighted by Gasteiger charge is 2.13. The Morgan fingerprint density at radius 1 is 1.47 bits per heavy atom. The van der Waals surface area contributed by atoms with Crippen molar-refractivity contribution in [1.29, 1.82) is 0 Å². The Bertz CT molecular complexity index is 430. The molecule has 0 aliphatic heterocycles. The molecule has 0 N–H and O–H groups in total. The molecule has 0 aliphatic rings. The van der Waals surface area contributed by atoms with Crippen molar-refractivity contribution in [3.63, 3.8) is 0 Å². The minimum Gasteiger partial charge on any atom is -0.455 e. The molecule has 92 valence electrons. The van der Waals surface area contributed by atoms with Gasteiger partial charge in [0, 0.05) is 10.9 Å². The van der Waals surface area contributed by atoms with Gasteiger partial charge in [0.2, 0.25) is 0 Å². The first-order chi connectivity index (χ1) is 8.04. The molecular formula is C12H11Cl3O2. The number of carbonyl (C=O) groups is 1. The number of ether oxygens (including phenoxy) is 1. The summed E-state index contributed by atoms with van der Waals surface area (Å²) < 4.78 is 5.15. The molecule has 0 heterocycles. The van der Waals surface area contributed by atoms with Crippen LogP contribution in [0.25, 0.3) is 0 Å². The van der Waals surface area contributed by atoms with Gasteiger partial charge in [-0.15, -0.1) is 11.6 Å². The van der Waals surface area contributed by atoms with E-state index in [0.717, 1.165) is 0 Å². The topological polar surface area (TPSA) is 26.3 Å². The molecule has 0 fully saturated rings. The van der Waals surface area contributed by atoms with Crippen molar-refractivity contribution in [2.75, 3.05) is 5.88 Å². The van der Waals surface area contributed by atoms with Gasteiger partial charge in [0.15, 0.2) is 0 Å². The van der Waals surface area contributed by atoms with Gasteiger partial charge in [-0.3, -0.25) is 0 Å². The molecule has 0 amide bonds. The van der Waals surface area contributed by atoms with Gasteiger partial charge in [0.05, 0.1) is 10.6 Å². The summed E-state index contributed by atoms with van der Waals surface area (Å²) in [6.45, 7) is 1.74. The van der Waals surface area contributed by atoms with Gasteiger partial charge in [0.25, 0.3) is 0 Å². The standard InChI is InChI=1S/C12H11Cl3O2/c1-8(3-2-6-13)17-12(16)10-5-4-9(14)7-11(10)15/h2-5,7-8H,6H2,1H3/b3-2+. The second-order valence-corrected chi connectivity index (χ2v) is 4.47. The van der Waals surface area contributed by atoms with Gasteiger partial charge in [-0.05, 0) is 31.2 Å². The average Bonchev–Trinajstić information content (AvgIpc) is 2.26.